The topological polar surface area (TPSA) is 42.0 Å². The molecule has 0 atom stereocenters. The van der Waals surface area contributed by atoms with E-state index < -0.39 is 0 Å². The van der Waals surface area contributed by atoms with Gasteiger partial charge in [0.15, 0.2) is 0 Å². The second-order valence-corrected chi connectivity index (χ2v) is 5.78. The highest BCUT2D eigenvalue weighted by Gasteiger charge is 2.16. The predicted molar refractivity (Wildman–Crippen MR) is 84.0 cm³/mol. The van der Waals surface area contributed by atoms with Crippen molar-refractivity contribution in [3.8, 4) is 0 Å². The lowest BCUT2D eigenvalue weighted by atomic mass is 10.2. The zero-order valence-electron chi connectivity index (χ0n) is 10.1. The van der Waals surface area contributed by atoms with Crippen molar-refractivity contribution < 1.29 is 4.79 Å². The third-order valence-electron chi connectivity index (χ3n) is 2.77. The van der Waals surface area contributed by atoms with Gasteiger partial charge in [0.1, 0.15) is 5.52 Å². The molecule has 0 saturated heterocycles. The Bertz CT molecular complexity index is 780. The third-order valence-corrected chi connectivity index (χ3v) is 4.33. The third kappa shape index (κ3) is 2.38. The van der Waals surface area contributed by atoms with E-state index in [-0.39, 0.29) is 11.5 Å². The summed E-state index contributed by atoms with van der Waals surface area (Å²) in [6.07, 6.45) is 1.69. The van der Waals surface area contributed by atoms with E-state index in [2.05, 4.69) is 10.3 Å². The maximum Gasteiger partial charge on any atom is 0.258 e. The molecule has 0 fully saturated rings. The molecule has 0 unspecified atom stereocenters. The van der Waals surface area contributed by atoms with Crippen molar-refractivity contribution in [1.29, 1.82) is 0 Å². The van der Waals surface area contributed by atoms with Crippen LogP contribution in [0.4, 0.5) is 5.69 Å². The summed E-state index contributed by atoms with van der Waals surface area (Å²) in [4.78, 5) is 16.6. The van der Waals surface area contributed by atoms with E-state index in [1.807, 2.05) is 17.5 Å². The number of hydrogen-bond acceptors (Lipinski definition) is 3. The van der Waals surface area contributed by atoms with E-state index in [9.17, 15) is 4.79 Å². The minimum Gasteiger partial charge on any atom is -0.319 e. The number of nitrogens with one attached hydrogen (secondary N) is 1. The highest BCUT2D eigenvalue weighted by Crippen LogP contribution is 2.30. The van der Waals surface area contributed by atoms with E-state index in [0.717, 1.165) is 10.2 Å². The van der Waals surface area contributed by atoms with Crippen LogP contribution in [0.15, 0.2) is 41.9 Å². The standard InChI is InChI=1S/C14H8Cl2N2OS/c15-8-3-1-4-9(16)12(8)14(19)18-10-7-20-11-5-2-6-17-13(10)11/h1-7H,(H,18,19). The first-order valence-corrected chi connectivity index (χ1v) is 7.38. The van der Waals surface area contributed by atoms with E-state index in [0.29, 0.717) is 15.7 Å². The largest absolute Gasteiger partial charge is 0.319 e. The van der Waals surface area contributed by atoms with Crippen LogP contribution in [0.3, 0.4) is 0 Å². The first kappa shape index (κ1) is 13.4. The van der Waals surface area contributed by atoms with Crippen LogP contribution in [-0.2, 0) is 0 Å². The first-order valence-electron chi connectivity index (χ1n) is 5.74. The number of aromatic nitrogens is 1. The molecule has 0 aliphatic rings. The van der Waals surface area contributed by atoms with Crippen molar-refractivity contribution in [2.24, 2.45) is 0 Å². The molecule has 6 heteroatoms. The SMILES string of the molecule is O=C(Nc1csc2cccnc12)c1c(Cl)cccc1Cl. The summed E-state index contributed by atoms with van der Waals surface area (Å²) in [5.74, 6) is -0.342. The second-order valence-electron chi connectivity index (χ2n) is 4.05. The molecule has 1 amide bonds. The molecule has 100 valence electrons. The molecule has 0 aliphatic heterocycles. The van der Waals surface area contributed by atoms with Crippen LogP contribution in [0.25, 0.3) is 10.2 Å². The summed E-state index contributed by atoms with van der Waals surface area (Å²) >= 11 is 13.6. The Balaban J connectivity index is 1.97. The smallest absolute Gasteiger partial charge is 0.258 e. The number of hydrogen-bond donors (Lipinski definition) is 1. The maximum atomic E-state index is 12.3. The van der Waals surface area contributed by atoms with E-state index in [1.54, 1.807) is 24.4 Å². The number of carbonyl (C=O) groups is 1. The molecule has 0 radical (unpaired) electrons. The number of rotatable bonds is 2. The highest BCUT2D eigenvalue weighted by atomic mass is 35.5. The van der Waals surface area contributed by atoms with Crippen LogP contribution < -0.4 is 5.32 Å². The molecule has 3 aromatic rings. The van der Waals surface area contributed by atoms with Crippen molar-refractivity contribution in [2.45, 2.75) is 0 Å². The van der Waals surface area contributed by atoms with Gasteiger partial charge in [-0.2, -0.15) is 0 Å². The number of thiophene rings is 1. The maximum absolute atomic E-state index is 12.3. The minimum absolute atomic E-state index is 0.270. The van der Waals surface area contributed by atoms with Gasteiger partial charge in [-0.05, 0) is 24.3 Å². The number of halogens is 2. The van der Waals surface area contributed by atoms with Crippen molar-refractivity contribution >= 4 is 56.3 Å². The Kier molecular flexibility index (Phi) is 3.61. The Morgan fingerprint density at radius 3 is 2.65 bits per heavy atom. The van der Waals surface area contributed by atoms with Gasteiger partial charge in [-0.15, -0.1) is 11.3 Å². The Labute approximate surface area is 129 Å². The zero-order valence-corrected chi connectivity index (χ0v) is 12.4. The van der Waals surface area contributed by atoms with E-state index >= 15 is 0 Å². The fourth-order valence-electron chi connectivity index (χ4n) is 1.85. The van der Waals surface area contributed by atoms with Crippen LogP contribution in [0, 0.1) is 0 Å². The number of nitrogens with zero attached hydrogens (tertiary/aromatic N) is 1. The van der Waals surface area contributed by atoms with Gasteiger partial charge in [0.25, 0.3) is 5.91 Å². The number of carbonyl (C=O) groups excluding carboxylic acids is 1. The fraction of sp³-hybridized carbons (Fsp3) is 0. The molecule has 3 nitrogen and oxygen atoms in total. The van der Waals surface area contributed by atoms with Crippen LogP contribution in [0.1, 0.15) is 10.4 Å². The van der Waals surface area contributed by atoms with Gasteiger partial charge in [0.05, 0.1) is 26.0 Å². The van der Waals surface area contributed by atoms with Gasteiger partial charge in [-0.1, -0.05) is 29.3 Å². The average molecular weight is 323 g/mol. The lowest BCUT2D eigenvalue weighted by molar-refractivity contribution is 0.102. The van der Waals surface area contributed by atoms with Gasteiger partial charge in [0, 0.05) is 11.6 Å². The summed E-state index contributed by atoms with van der Waals surface area (Å²) in [7, 11) is 0. The molecule has 0 bridgehead atoms. The number of amides is 1. The Hall–Kier alpha value is -1.62. The molecule has 2 aromatic heterocycles. The number of fused-ring (bicyclic) bond motifs is 1. The molecule has 2 heterocycles. The monoisotopic (exact) mass is 322 g/mol. The Morgan fingerprint density at radius 2 is 1.90 bits per heavy atom. The fourth-order valence-corrected chi connectivity index (χ4v) is 3.27. The summed E-state index contributed by atoms with van der Waals surface area (Å²) in [5.41, 5.74) is 1.69. The molecule has 0 aliphatic carbocycles. The van der Waals surface area contributed by atoms with Gasteiger partial charge in [0.2, 0.25) is 0 Å². The first-order chi connectivity index (χ1) is 9.66. The van der Waals surface area contributed by atoms with Crippen LogP contribution >= 0.6 is 34.5 Å². The van der Waals surface area contributed by atoms with Crippen LogP contribution in [-0.4, -0.2) is 10.9 Å². The molecule has 3 rings (SSSR count). The van der Waals surface area contributed by atoms with Crippen molar-refractivity contribution in [3.05, 3.63) is 57.5 Å². The minimum atomic E-state index is -0.342. The van der Waals surface area contributed by atoms with Crippen molar-refractivity contribution in [1.82, 2.24) is 4.98 Å². The van der Waals surface area contributed by atoms with E-state index in [1.165, 1.54) is 11.3 Å². The molecule has 1 aromatic carbocycles. The summed E-state index contributed by atoms with van der Waals surface area (Å²) in [6.45, 7) is 0. The molecular formula is C14H8Cl2N2OS. The number of anilines is 1. The summed E-state index contributed by atoms with van der Waals surface area (Å²) in [6, 6.07) is 8.77. The summed E-state index contributed by atoms with van der Waals surface area (Å²) < 4.78 is 1.01. The van der Waals surface area contributed by atoms with Crippen LogP contribution in [0.2, 0.25) is 10.0 Å². The number of benzene rings is 1. The van der Waals surface area contributed by atoms with E-state index in [4.69, 9.17) is 23.2 Å². The second kappa shape index (κ2) is 5.40. The molecular weight excluding hydrogens is 315 g/mol. The molecule has 20 heavy (non-hydrogen) atoms. The number of pyridine rings is 1. The highest BCUT2D eigenvalue weighted by molar-refractivity contribution is 7.17. The lowest BCUT2D eigenvalue weighted by Gasteiger charge is -2.07. The predicted octanol–water partition coefficient (Wildman–Crippen LogP) is 4.86. The molecule has 0 spiro atoms. The molecule has 0 saturated carbocycles. The summed E-state index contributed by atoms with van der Waals surface area (Å²) in [5, 5.41) is 5.29. The average Bonchev–Trinajstić information content (AvgIpc) is 2.82. The van der Waals surface area contributed by atoms with Gasteiger partial charge < -0.3 is 5.32 Å². The Morgan fingerprint density at radius 1 is 1.15 bits per heavy atom. The van der Waals surface area contributed by atoms with Crippen molar-refractivity contribution in [2.75, 3.05) is 5.32 Å². The van der Waals surface area contributed by atoms with Crippen LogP contribution in [0.5, 0.6) is 0 Å². The zero-order chi connectivity index (χ0) is 14.1. The van der Waals surface area contributed by atoms with Gasteiger partial charge >= 0.3 is 0 Å². The van der Waals surface area contributed by atoms with Gasteiger partial charge in [-0.3, -0.25) is 9.78 Å². The molecule has 1 N–H and O–H groups in total. The quantitative estimate of drug-likeness (QED) is 0.732. The van der Waals surface area contributed by atoms with Crippen molar-refractivity contribution in [3.63, 3.8) is 0 Å². The van der Waals surface area contributed by atoms with Gasteiger partial charge in [-0.25, -0.2) is 0 Å². The normalized spacial score (nSPS) is 10.7. The lowest BCUT2D eigenvalue weighted by Crippen LogP contribution is -2.12.